The average molecular weight is 380 g/mol. The van der Waals surface area contributed by atoms with Crippen molar-refractivity contribution in [2.24, 2.45) is 0 Å². The zero-order valence-electron chi connectivity index (χ0n) is 13.9. The third kappa shape index (κ3) is 4.27. The molecule has 0 spiro atoms. The zero-order valence-corrected chi connectivity index (χ0v) is 15.4. The van der Waals surface area contributed by atoms with E-state index in [-0.39, 0.29) is 6.03 Å². The van der Waals surface area contributed by atoms with Crippen molar-refractivity contribution in [3.63, 3.8) is 0 Å². The van der Waals surface area contributed by atoms with Crippen LogP contribution in [0.25, 0.3) is 0 Å². The number of halogens is 1. The predicted octanol–water partition coefficient (Wildman–Crippen LogP) is 4.24. The predicted molar refractivity (Wildman–Crippen MR) is 97.9 cm³/mol. The fourth-order valence-corrected chi connectivity index (χ4v) is 3.91. The Kier molecular flexibility index (Phi) is 5.59. The third-order valence-electron chi connectivity index (χ3n) is 5.10. The Morgan fingerprint density at radius 3 is 2.48 bits per heavy atom. The van der Waals surface area contributed by atoms with Crippen molar-refractivity contribution in [1.29, 1.82) is 0 Å². The first-order valence-electron chi connectivity index (χ1n) is 8.69. The van der Waals surface area contributed by atoms with Crippen LogP contribution in [-0.4, -0.2) is 48.1 Å². The lowest BCUT2D eigenvalue weighted by atomic mass is 9.94. The summed E-state index contributed by atoms with van der Waals surface area (Å²) in [6.45, 7) is 5.72. The highest BCUT2D eigenvalue weighted by atomic mass is 79.9. The molecule has 1 heterocycles. The maximum atomic E-state index is 12.4. The van der Waals surface area contributed by atoms with E-state index in [0.29, 0.717) is 0 Å². The zero-order chi connectivity index (χ0) is 16.2. The molecule has 0 unspecified atom stereocenters. The highest BCUT2D eigenvalue weighted by Crippen LogP contribution is 2.24. The summed E-state index contributed by atoms with van der Waals surface area (Å²) >= 11 is 3.49. The summed E-state index contributed by atoms with van der Waals surface area (Å²) in [5.74, 6) is 0. The maximum absolute atomic E-state index is 12.4. The highest BCUT2D eigenvalue weighted by molar-refractivity contribution is 9.10. The number of nitrogens with zero attached hydrogens (tertiary/aromatic N) is 2. The largest absolute Gasteiger partial charge is 0.322 e. The van der Waals surface area contributed by atoms with E-state index < -0.39 is 0 Å². The van der Waals surface area contributed by atoms with Gasteiger partial charge in [0.2, 0.25) is 0 Å². The van der Waals surface area contributed by atoms with Crippen LogP contribution in [-0.2, 0) is 0 Å². The van der Waals surface area contributed by atoms with Crippen molar-refractivity contribution in [2.45, 2.75) is 45.1 Å². The van der Waals surface area contributed by atoms with Gasteiger partial charge in [-0.1, -0.05) is 35.2 Å². The lowest BCUT2D eigenvalue weighted by Gasteiger charge is -2.40. The van der Waals surface area contributed by atoms with Crippen molar-refractivity contribution in [2.75, 3.05) is 31.5 Å². The minimum atomic E-state index is 0.0232. The highest BCUT2D eigenvalue weighted by Gasteiger charge is 2.26. The van der Waals surface area contributed by atoms with Crippen LogP contribution in [0.1, 0.15) is 37.7 Å². The molecule has 0 bridgehead atoms. The van der Waals surface area contributed by atoms with Gasteiger partial charge >= 0.3 is 6.03 Å². The number of urea groups is 1. The molecule has 0 atom stereocenters. The van der Waals surface area contributed by atoms with Gasteiger partial charge in [0.25, 0.3) is 0 Å². The SMILES string of the molecule is Cc1cc(NC(=O)N2CCN(C3CCCCC3)CC2)ccc1Br. The van der Waals surface area contributed by atoms with Crippen LogP contribution in [0.3, 0.4) is 0 Å². The second kappa shape index (κ2) is 7.67. The first-order valence-corrected chi connectivity index (χ1v) is 9.49. The maximum Gasteiger partial charge on any atom is 0.321 e. The second-order valence-electron chi connectivity index (χ2n) is 6.71. The van der Waals surface area contributed by atoms with E-state index in [2.05, 4.69) is 26.1 Å². The molecule has 2 amide bonds. The van der Waals surface area contributed by atoms with Crippen molar-refractivity contribution in [3.8, 4) is 0 Å². The van der Waals surface area contributed by atoms with E-state index in [9.17, 15) is 4.79 Å². The molecule has 5 heteroatoms. The van der Waals surface area contributed by atoms with Gasteiger partial charge in [-0.05, 0) is 43.5 Å². The number of anilines is 1. The molecule has 2 aliphatic rings. The number of hydrogen-bond donors (Lipinski definition) is 1. The Bertz CT molecular complexity index is 549. The topological polar surface area (TPSA) is 35.6 Å². The Hall–Kier alpha value is -1.07. The molecule has 0 aromatic heterocycles. The second-order valence-corrected chi connectivity index (χ2v) is 7.56. The van der Waals surface area contributed by atoms with Crippen LogP contribution < -0.4 is 5.32 Å². The average Bonchev–Trinajstić information content (AvgIpc) is 2.59. The van der Waals surface area contributed by atoms with Gasteiger partial charge in [-0.25, -0.2) is 4.79 Å². The number of rotatable bonds is 2. The molecule has 1 aliphatic carbocycles. The quantitative estimate of drug-likeness (QED) is 0.833. The normalized spacial score (nSPS) is 20.5. The third-order valence-corrected chi connectivity index (χ3v) is 5.99. The Labute approximate surface area is 147 Å². The Balaban J connectivity index is 1.50. The van der Waals surface area contributed by atoms with Crippen LogP contribution in [0.2, 0.25) is 0 Å². The van der Waals surface area contributed by atoms with E-state index in [0.717, 1.165) is 47.9 Å². The summed E-state index contributed by atoms with van der Waals surface area (Å²) in [5, 5.41) is 3.02. The van der Waals surface area contributed by atoms with E-state index in [1.807, 2.05) is 30.0 Å². The molecule has 0 radical (unpaired) electrons. The van der Waals surface area contributed by atoms with Crippen molar-refractivity contribution < 1.29 is 4.79 Å². The van der Waals surface area contributed by atoms with Gasteiger partial charge in [0.15, 0.2) is 0 Å². The summed E-state index contributed by atoms with van der Waals surface area (Å²) < 4.78 is 1.07. The van der Waals surface area contributed by atoms with Crippen LogP contribution in [0.5, 0.6) is 0 Å². The minimum Gasteiger partial charge on any atom is -0.322 e. The smallest absolute Gasteiger partial charge is 0.321 e. The van der Waals surface area contributed by atoms with E-state index in [4.69, 9.17) is 0 Å². The number of benzene rings is 1. The van der Waals surface area contributed by atoms with Crippen molar-refractivity contribution >= 4 is 27.6 Å². The summed E-state index contributed by atoms with van der Waals surface area (Å²) in [6, 6.07) is 6.69. The molecule has 4 nitrogen and oxygen atoms in total. The van der Waals surface area contributed by atoms with Gasteiger partial charge in [0.05, 0.1) is 0 Å². The Morgan fingerprint density at radius 1 is 1.13 bits per heavy atom. The molecule has 3 rings (SSSR count). The number of nitrogens with one attached hydrogen (secondary N) is 1. The van der Waals surface area contributed by atoms with Crippen molar-refractivity contribution in [3.05, 3.63) is 28.2 Å². The van der Waals surface area contributed by atoms with Gasteiger partial charge in [0, 0.05) is 42.4 Å². The van der Waals surface area contributed by atoms with E-state index in [1.54, 1.807) is 0 Å². The molecular weight excluding hydrogens is 354 g/mol. The summed E-state index contributed by atoms with van der Waals surface area (Å²) in [6.07, 6.45) is 6.81. The molecule has 1 aromatic rings. The molecule has 126 valence electrons. The molecule has 1 saturated heterocycles. The van der Waals surface area contributed by atoms with E-state index >= 15 is 0 Å². The van der Waals surface area contributed by atoms with Gasteiger partial charge in [-0.2, -0.15) is 0 Å². The molecule has 1 saturated carbocycles. The molecule has 23 heavy (non-hydrogen) atoms. The lowest BCUT2D eigenvalue weighted by molar-refractivity contribution is 0.0943. The lowest BCUT2D eigenvalue weighted by Crippen LogP contribution is -2.53. The standard InChI is InChI=1S/C18H26BrN3O/c1-14-13-15(7-8-17(14)19)20-18(23)22-11-9-21(10-12-22)16-5-3-2-4-6-16/h7-8,13,16H,2-6,9-12H2,1H3,(H,20,23). The van der Waals surface area contributed by atoms with Crippen LogP contribution in [0.4, 0.5) is 10.5 Å². The monoisotopic (exact) mass is 379 g/mol. The fraction of sp³-hybridized carbons (Fsp3) is 0.611. The van der Waals surface area contributed by atoms with Crippen molar-refractivity contribution in [1.82, 2.24) is 9.80 Å². The van der Waals surface area contributed by atoms with Crippen LogP contribution >= 0.6 is 15.9 Å². The number of carbonyl (C=O) groups is 1. The molecule has 1 aliphatic heterocycles. The Morgan fingerprint density at radius 2 is 1.83 bits per heavy atom. The minimum absolute atomic E-state index is 0.0232. The molecule has 1 N–H and O–H groups in total. The first kappa shape index (κ1) is 16.8. The molecule has 2 fully saturated rings. The molecule has 1 aromatic carbocycles. The first-order chi connectivity index (χ1) is 11.1. The van der Waals surface area contributed by atoms with Gasteiger partial charge in [-0.3, -0.25) is 4.90 Å². The number of piperazine rings is 1. The summed E-state index contributed by atoms with van der Waals surface area (Å²) in [5.41, 5.74) is 2.00. The van der Waals surface area contributed by atoms with E-state index in [1.165, 1.54) is 32.1 Å². The number of carbonyl (C=O) groups excluding carboxylic acids is 1. The van der Waals surface area contributed by atoms with Gasteiger partial charge in [0.1, 0.15) is 0 Å². The number of aryl methyl sites for hydroxylation is 1. The fourth-order valence-electron chi connectivity index (χ4n) is 3.66. The van der Waals surface area contributed by atoms with Crippen LogP contribution in [0, 0.1) is 6.92 Å². The molecular formula is C18H26BrN3O. The van der Waals surface area contributed by atoms with Gasteiger partial charge in [-0.15, -0.1) is 0 Å². The number of amides is 2. The van der Waals surface area contributed by atoms with Gasteiger partial charge < -0.3 is 10.2 Å². The summed E-state index contributed by atoms with van der Waals surface area (Å²) in [4.78, 5) is 17.0. The number of hydrogen-bond acceptors (Lipinski definition) is 2. The van der Waals surface area contributed by atoms with Crippen LogP contribution in [0.15, 0.2) is 22.7 Å². The summed E-state index contributed by atoms with van der Waals surface area (Å²) in [7, 11) is 0.